The van der Waals surface area contributed by atoms with E-state index in [1.54, 1.807) is 12.1 Å². The van der Waals surface area contributed by atoms with Crippen LogP contribution in [0.1, 0.15) is 56.9 Å². The summed E-state index contributed by atoms with van der Waals surface area (Å²) in [5.74, 6) is -1.28. The zero-order valence-electron chi connectivity index (χ0n) is 11.6. The minimum absolute atomic E-state index is 0.102. The Morgan fingerprint density at radius 3 is 2.74 bits per heavy atom. The standard InChI is InChI=1S/C16H23F2N/c1-2-11-19-15-10-5-3-4-7-12(15)13-8-6-9-14(17)16(13)18/h6,8-9,12,15,19H,2-5,7,10-11H2,1H3. The Labute approximate surface area is 114 Å². The highest BCUT2D eigenvalue weighted by Crippen LogP contribution is 2.34. The molecule has 1 aliphatic carbocycles. The molecule has 0 spiro atoms. The molecule has 2 rings (SSSR count). The molecule has 1 aromatic rings. The summed E-state index contributed by atoms with van der Waals surface area (Å²) in [6.45, 7) is 3.07. The Hall–Kier alpha value is -0.960. The van der Waals surface area contributed by atoms with Gasteiger partial charge in [-0.2, -0.15) is 0 Å². The molecule has 0 heterocycles. The summed E-state index contributed by atoms with van der Waals surface area (Å²) in [5, 5.41) is 3.52. The second-order valence-electron chi connectivity index (χ2n) is 5.45. The Morgan fingerprint density at radius 2 is 1.95 bits per heavy atom. The zero-order chi connectivity index (χ0) is 13.7. The Bertz CT molecular complexity index is 406. The molecule has 0 radical (unpaired) electrons. The molecule has 1 aliphatic rings. The second kappa shape index (κ2) is 6.99. The third-order valence-corrected chi connectivity index (χ3v) is 4.05. The predicted molar refractivity (Wildman–Crippen MR) is 74.3 cm³/mol. The summed E-state index contributed by atoms with van der Waals surface area (Å²) >= 11 is 0. The predicted octanol–water partition coefficient (Wildman–Crippen LogP) is 4.38. The molecule has 2 unspecified atom stereocenters. The molecule has 2 atom stereocenters. The van der Waals surface area contributed by atoms with Crippen LogP contribution in [0.5, 0.6) is 0 Å². The van der Waals surface area contributed by atoms with Gasteiger partial charge in [0.1, 0.15) is 0 Å². The number of nitrogens with one attached hydrogen (secondary N) is 1. The molecule has 0 bridgehead atoms. The van der Waals surface area contributed by atoms with Crippen LogP contribution < -0.4 is 5.32 Å². The normalized spacial score (nSPS) is 24.2. The van der Waals surface area contributed by atoms with Crippen molar-refractivity contribution in [3.63, 3.8) is 0 Å². The summed E-state index contributed by atoms with van der Waals surface area (Å²) in [4.78, 5) is 0. The van der Waals surface area contributed by atoms with Gasteiger partial charge in [0.25, 0.3) is 0 Å². The van der Waals surface area contributed by atoms with Crippen molar-refractivity contribution < 1.29 is 8.78 Å². The molecule has 0 aliphatic heterocycles. The first-order valence-electron chi connectivity index (χ1n) is 7.41. The Balaban J connectivity index is 2.23. The van der Waals surface area contributed by atoms with E-state index in [1.165, 1.54) is 18.9 Å². The van der Waals surface area contributed by atoms with E-state index in [9.17, 15) is 8.78 Å². The second-order valence-corrected chi connectivity index (χ2v) is 5.45. The number of halogens is 2. The van der Waals surface area contributed by atoms with E-state index in [0.29, 0.717) is 5.56 Å². The van der Waals surface area contributed by atoms with E-state index in [-0.39, 0.29) is 12.0 Å². The molecule has 106 valence electrons. The van der Waals surface area contributed by atoms with Crippen LogP contribution in [-0.4, -0.2) is 12.6 Å². The molecule has 1 aromatic carbocycles. The van der Waals surface area contributed by atoms with Gasteiger partial charge in [-0.1, -0.05) is 38.3 Å². The van der Waals surface area contributed by atoms with Gasteiger partial charge in [-0.05, 0) is 37.4 Å². The molecule has 1 nitrogen and oxygen atoms in total. The number of hydrogen-bond acceptors (Lipinski definition) is 1. The summed E-state index contributed by atoms with van der Waals surface area (Å²) in [6, 6.07) is 4.84. The van der Waals surface area contributed by atoms with E-state index >= 15 is 0 Å². The Kier molecular flexibility index (Phi) is 5.32. The molecule has 0 amide bonds. The first-order chi connectivity index (χ1) is 9.24. The van der Waals surface area contributed by atoms with Crippen LogP contribution in [0.15, 0.2) is 18.2 Å². The van der Waals surface area contributed by atoms with Crippen molar-refractivity contribution in [2.45, 2.75) is 57.4 Å². The van der Waals surface area contributed by atoms with Crippen LogP contribution in [0.3, 0.4) is 0 Å². The van der Waals surface area contributed by atoms with Gasteiger partial charge < -0.3 is 5.32 Å². The molecule has 3 heteroatoms. The molecule has 1 fully saturated rings. The summed E-state index contributed by atoms with van der Waals surface area (Å²) in [6.07, 6.45) is 6.54. The van der Waals surface area contributed by atoms with Gasteiger partial charge in [-0.15, -0.1) is 0 Å². The lowest BCUT2D eigenvalue weighted by atomic mass is 9.87. The van der Waals surface area contributed by atoms with Crippen molar-refractivity contribution in [1.82, 2.24) is 5.32 Å². The quantitative estimate of drug-likeness (QED) is 0.798. The van der Waals surface area contributed by atoms with Crippen molar-refractivity contribution in [3.8, 4) is 0 Å². The SMILES string of the molecule is CCCNC1CCCCCC1c1cccc(F)c1F. The highest BCUT2D eigenvalue weighted by atomic mass is 19.2. The van der Waals surface area contributed by atoms with Gasteiger partial charge in [0, 0.05) is 12.0 Å². The molecule has 19 heavy (non-hydrogen) atoms. The fourth-order valence-corrected chi connectivity index (χ4v) is 3.06. The molecule has 1 N–H and O–H groups in total. The van der Waals surface area contributed by atoms with Gasteiger partial charge in [-0.25, -0.2) is 8.78 Å². The third kappa shape index (κ3) is 3.53. The van der Waals surface area contributed by atoms with Gasteiger partial charge >= 0.3 is 0 Å². The Morgan fingerprint density at radius 1 is 1.16 bits per heavy atom. The molecular formula is C16H23F2N. The molecule has 0 aromatic heterocycles. The minimum Gasteiger partial charge on any atom is -0.313 e. The maximum atomic E-state index is 14.0. The van der Waals surface area contributed by atoms with Crippen molar-refractivity contribution in [1.29, 1.82) is 0 Å². The van der Waals surface area contributed by atoms with E-state index < -0.39 is 11.6 Å². The third-order valence-electron chi connectivity index (χ3n) is 4.05. The van der Waals surface area contributed by atoms with Crippen LogP contribution in [0.25, 0.3) is 0 Å². The minimum atomic E-state index is -0.726. The van der Waals surface area contributed by atoms with Crippen LogP contribution in [0.2, 0.25) is 0 Å². The summed E-state index contributed by atoms with van der Waals surface area (Å²) < 4.78 is 27.4. The largest absolute Gasteiger partial charge is 0.313 e. The van der Waals surface area contributed by atoms with Gasteiger partial charge in [0.2, 0.25) is 0 Å². The highest BCUT2D eigenvalue weighted by molar-refractivity contribution is 5.25. The van der Waals surface area contributed by atoms with Crippen molar-refractivity contribution in [3.05, 3.63) is 35.4 Å². The van der Waals surface area contributed by atoms with Gasteiger partial charge in [0.05, 0.1) is 0 Å². The van der Waals surface area contributed by atoms with Crippen LogP contribution in [0, 0.1) is 11.6 Å². The smallest absolute Gasteiger partial charge is 0.162 e. The van der Waals surface area contributed by atoms with E-state index in [1.807, 2.05) is 0 Å². The number of hydrogen-bond donors (Lipinski definition) is 1. The van der Waals surface area contributed by atoms with E-state index in [2.05, 4.69) is 12.2 Å². The van der Waals surface area contributed by atoms with Gasteiger partial charge in [0.15, 0.2) is 11.6 Å². The lowest BCUT2D eigenvalue weighted by molar-refractivity contribution is 0.393. The lowest BCUT2D eigenvalue weighted by Gasteiger charge is -2.27. The average Bonchev–Trinajstić information content (AvgIpc) is 2.65. The van der Waals surface area contributed by atoms with Crippen molar-refractivity contribution in [2.24, 2.45) is 0 Å². The number of rotatable bonds is 4. The van der Waals surface area contributed by atoms with Crippen LogP contribution in [0.4, 0.5) is 8.78 Å². The molecular weight excluding hydrogens is 244 g/mol. The number of benzene rings is 1. The first-order valence-corrected chi connectivity index (χ1v) is 7.41. The van der Waals surface area contributed by atoms with E-state index in [0.717, 1.165) is 32.2 Å². The van der Waals surface area contributed by atoms with Crippen molar-refractivity contribution in [2.75, 3.05) is 6.54 Å². The fraction of sp³-hybridized carbons (Fsp3) is 0.625. The summed E-state index contributed by atoms with van der Waals surface area (Å²) in [7, 11) is 0. The zero-order valence-corrected chi connectivity index (χ0v) is 11.6. The summed E-state index contributed by atoms with van der Waals surface area (Å²) in [5.41, 5.74) is 0.551. The average molecular weight is 267 g/mol. The van der Waals surface area contributed by atoms with Gasteiger partial charge in [-0.3, -0.25) is 0 Å². The van der Waals surface area contributed by atoms with Crippen LogP contribution >= 0.6 is 0 Å². The van der Waals surface area contributed by atoms with E-state index in [4.69, 9.17) is 0 Å². The maximum Gasteiger partial charge on any atom is 0.162 e. The van der Waals surface area contributed by atoms with Crippen LogP contribution in [-0.2, 0) is 0 Å². The lowest BCUT2D eigenvalue weighted by Crippen LogP contribution is -2.35. The molecule has 0 saturated heterocycles. The fourth-order valence-electron chi connectivity index (χ4n) is 3.06. The molecule has 1 saturated carbocycles. The monoisotopic (exact) mass is 267 g/mol. The highest BCUT2D eigenvalue weighted by Gasteiger charge is 2.27. The first kappa shape index (κ1) is 14.4. The topological polar surface area (TPSA) is 12.0 Å². The maximum absolute atomic E-state index is 14.0. The van der Waals surface area contributed by atoms with Crippen molar-refractivity contribution >= 4 is 0 Å².